The Morgan fingerprint density at radius 1 is 1.24 bits per heavy atom. The van der Waals surface area contributed by atoms with Crippen LogP contribution in [0.2, 0.25) is 0 Å². The lowest BCUT2D eigenvalue weighted by Gasteiger charge is -2.06. The van der Waals surface area contributed by atoms with E-state index in [1.54, 1.807) is 19.2 Å². The van der Waals surface area contributed by atoms with Crippen LogP contribution in [0.4, 0.5) is 10.1 Å². The zero-order valence-electron chi connectivity index (χ0n) is 13.4. The number of halogens is 1. The van der Waals surface area contributed by atoms with E-state index in [0.717, 1.165) is 0 Å². The number of hydrogen-bond donors (Lipinski definition) is 1. The SMILES string of the molecule is COc1nn(C)cc1C(=O)Nc1cnc(Oc2ccccc2F)nc1. The number of carbonyl (C=O) groups is 1. The maximum absolute atomic E-state index is 13.5. The van der Waals surface area contributed by atoms with Crippen LogP contribution < -0.4 is 14.8 Å². The van der Waals surface area contributed by atoms with E-state index in [1.165, 1.54) is 42.5 Å². The van der Waals surface area contributed by atoms with E-state index in [2.05, 4.69) is 20.4 Å². The van der Waals surface area contributed by atoms with Gasteiger partial charge in [0.15, 0.2) is 11.6 Å². The number of hydrogen-bond acceptors (Lipinski definition) is 6. The van der Waals surface area contributed by atoms with Crippen LogP contribution in [-0.4, -0.2) is 32.8 Å². The number of para-hydroxylation sites is 1. The van der Waals surface area contributed by atoms with Crippen molar-refractivity contribution in [2.24, 2.45) is 7.05 Å². The molecule has 2 heterocycles. The minimum absolute atomic E-state index is 0.0133. The van der Waals surface area contributed by atoms with Gasteiger partial charge in [0.1, 0.15) is 5.56 Å². The van der Waals surface area contributed by atoms with Gasteiger partial charge in [-0.15, -0.1) is 5.10 Å². The van der Waals surface area contributed by atoms with Crippen LogP contribution in [0.3, 0.4) is 0 Å². The van der Waals surface area contributed by atoms with Crippen LogP contribution in [0.25, 0.3) is 0 Å². The molecule has 0 radical (unpaired) electrons. The summed E-state index contributed by atoms with van der Waals surface area (Å²) in [4.78, 5) is 20.1. The number of amides is 1. The highest BCUT2D eigenvalue weighted by atomic mass is 19.1. The van der Waals surface area contributed by atoms with Gasteiger partial charge in [-0.25, -0.2) is 14.4 Å². The second-order valence-electron chi connectivity index (χ2n) is 4.97. The second kappa shape index (κ2) is 6.95. The first kappa shape index (κ1) is 16.4. The van der Waals surface area contributed by atoms with E-state index < -0.39 is 11.7 Å². The molecule has 2 aromatic heterocycles. The number of aromatic nitrogens is 4. The molecule has 3 aromatic rings. The Kier molecular flexibility index (Phi) is 4.55. The van der Waals surface area contributed by atoms with Gasteiger partial charge in [-0.1, -0.05) is 12.1 Å². The molecular formula is C16H14FN5O3. The molecule has 0 bridgehead atoms. The third kappa shape index (κ3) is 3.71. The van der Waals surface area contributed by atoms with Crippen LogP contribution in [0, 0.1) is 5.82 Å². The summed E-state index contributed by atoms with van der Waals surface area (Å²) >= 11 is 0. The fourth-order valence-electron chi connectivity index (χ4n) is 2.03. The van der Waals surface area contributed by atoms with Crippen molar-refractivity contribution in [2.75, 3.05) is 12.4 Å². The smallest absolute Gasteiger partial charge is 0.322 e. The summed E-state index contributed by atoms with van der Waals surface area (Å²) in [5, 5.41) is 6.63. The van der Waals surface area contributed by atoms with Gasteiger partial charge in [0, 0.05) is 13.2 Å². The molecule has 0 saturated heterocycles. The van der Waals surface area contributed by atoms with Crippen molar-refractivity contribution in [3.05, 3.63) is 54.2 Å². The first-order valence-corrected chi connectivity index (χ1v) is 7.20. The molecule has 1 aromatic carbocycles. The van der Waals surface area contributed by atoms with E-state index in [1.807, 2.05) is 0 Å². The quantitative estimate of drug-likeness (QED) is 0.765. The van der Waals surface area contributed by atoms with Crippen LogP contribution in [-0.2, 0) is 7.05 Å². The number of methoxy groups -OCH3 is 1. The summed E-state index contributed by atoms with van der Waals surface area (Å²) in [7, 11) is 3.11. The molecule has 3 rings (SSSR count). The highest BCUT2D eigenvalue weighted by molar-refractivity contribution is 6.05. The van der Waals surface area contributed by atoms with E-state index >= 15 is 0 Å². The van der Waals surface area contributed by atoms with Gasteiger partial charge in [-0.2, -0.15) is 0 Å². The molecule has 0 aliphatic carbocycles. The Morgan fingerprint density at radius 2 is 1.96 bits per heavy atom. The lowest BCUT2D eigenvalue weighted by molar-refractivity contribution is 0.102. The van der Waals surface area contributed by atoms with Gasteiger partial charge in [-0.3, -0.25) is 9.48 Å². The van der Waals surface area contributed by atoms with Crippen LogP contribution in [0.1, 0.15) is 10.4 Å². The van der Waals surface area contributed by atoms with Crippen molar-refractivity contribution in [1.82, 2.24) is 19.7 Å². The predicted octanol–water partition coefficient (Wildman–Crippen LogP) is 2.40. The number of carbonyl (C=O) groups excluding carboxylic acids is 1. The van der Waals surface area contributed by atoms with E-state index in [9.17, 15) is 9.18 Å². The van der Waals surface area contributed by atoms with Crippen LogP contribution >= 0.6 is 0 Å². The fourth-order valence-corrected chi connectivity index (χ4v) is 2.03. The van der Waals surface area contributed by atoms with Gasteiger partial charge in [-0.05, 0) is 12.1 Å². The summed E-state index contributed by atoms with van der Waals surface area (Å²) in [5.74, 6) is -0.719. The first-order chi connectivity index (χ1) is 12.1. The maximum atomic E-state index is 13.5. The Balaban J connectivity index is 1.70. The number of rotatable bonds is 5. The molecule has 0 unspecified atom stereocenters. The summed E-state index contributed by atoms with van der Waals surface area (Å²) in [5.41, 5.74) is 0.619. The van der Waals surface area contributed by atoms with E-state index in [0.29, 0.717) is 5.69 Å². The van der Waals surface area contributed by atoms with Crippen LogP contribution in [0.15, 0.2) is 42.9 Å². The molecule has 128 valence electrons. The van der Waals surface area contributed by atoms with E-state index in [4.69, 9.17) is 9.47 Å². The predicted molar refractivity (Wildman–Crippen MR) is 86.2 cm³/mol. The van der Waals surface area contributed by atoms with Crippen molar-refractivity contribution < 1.29 is 18.7 Å². The molecule has 8 nitrogen and oxygen atoms in total. The van der Waals surface area contributed by atoms with Crippen molar-refractivity contribution in [2.45, 2.75) is 0 Å². The standard InChI is InChI=1S/C16H14FN5O3/c1-22-9-11(15(21-22)24-2)14(23)20-10-7-18-16(19-8-10)25-13-6-4-3-5-12(13)17/h3-9H,1-2H3,(H,20,23). The Hall–Kier alpha value is -3.49. The molecule has 9 heteroatoms. The monoisotopic (exact) mass is 343 g/mol. The van der Waals surface area contributed by atoms with Gasteiger partial charge in [0.25, 0.3) is 5.91 Å². The van der Waals surface area contributed by atoms with Gasteiger partial charge >= 0.3 is 6.01 Å². The fraction of sp³-hybridized carbons (Fsp3) is 0.125. The maximum Gasteiger partial charge on any atom is 0.322 e. The Morgan fingerprint density at radius 3 is 2.64 bits per heavy atom. The number of anilines is 1. The molecule has 0 aliphatic rings. The van der Waals surface area contributed by atoms with E-state index in [-0.39, 0.29) is 23.2 Å². The summed E-state index contributed by atoms with van der Waals surface area (Å²) in [6.45, 7) is 0. The largest absolute Gasteiger partial charge is 0.479 e. The first-order valence-electron chi connectivity index (χ1n) is 7.20. The topological polar surface area (TPSA) is 91.2 Å². The zero-order chi connectivity index (χ0) is 17.8. The second-order valence-corrected chi connectivity index (χ2v) is 4.97. The molecule has 0 aliphatic heterocycles. The number of benzene rings is 1. The molecule has 1 amide bonds. The van der Waals surface area contributed by atoms with Gasteiger partial charge in [0.2, 0.25) is 5.88 Å². The van der Waals surface area contributed by atoms with Crippen molar-refractivity contribution in [1.29, 1.82) is 0 Å². The molecule has 25 heavy (non-hydrogen) atoms. The molecule has 1 N–H and O–H groups in total. The Labute approximate surface area is 142 Å². The number of nitrogens with zero attached hydrogens (tertiary/aromatic N) is 4. The van der Waals surface area contributed by atoms with Crippen LogP contribution in [0.5, 0.6) is 17.6 Å². The number of aryl methyl sites for hydroxylation is 1. The zero-order valence-corrected chi connectivity index (χ0v) is 13.4. The van der Waals surface area contributed by atoms with Crippen molar-refractivity contribution in [3.8, 4) is 17.6 Å². The average molecular weight is 343 g/mol. The average Bonchev–Trinajstić information content (AvgIpc) is 3.00. The normalized spacial score (nSPS) is 10.4. The third-order valence-corrected chi connectivity index (χ3v) is 3.16. The minimum Gasteiger partial charge on any atom is -0.479 e. The highest BCUT2D eigenvalue weighted by Gasteiger charge is 2.17. The lowest BCUT2D eigenvalue weighted by atomic mass is 10.3. The third-order valence-electron chi connectivity index (χ3n) is 3.16. The number of nitrogens with one attached hydrogen (secondary N) is 1. The minimum atomic E-state index is -0.521. The lowest BCUT2D eigenvalue weighted by Crippen LogP contribution is -2.12. The summed E-state index contributed by atoms with van der Waals surface area (Å²) in [6.07, 6.45) is 4.23. The Bertz CT molecular complexity index is 895. The molecule has 0 fully saturated rings. The molecule has 0 spiro atoms. The van der Waals surface area contributed by atoms with Crippen molar-refractivity contribution in [3.63, 3.8) is 0 Å². The van der Waals surface area contributed by atoms with Gasteiger partial charge in [0.05, 0.1) is 25.2 Å². The number of ether oxygens (including phenoxy) is 2. The van der Waals surface area contributed by atoms with Crippen molar-refractivity contribution >= 4 is 11.6 Å². The molecule has 0 saturated carbocycles. The highest BCUT2D eigenvalue weighted by Crippen LogP contribution is 2.22. The molecular weight excluding hydrogens is 329 g/mol. The summed E-state index contributed by atoms with van der Waals surface area (Å²) in [6, 6.07) is 5.87. The molecule has 0 atom stereocenters. The summed E-state index contributed by atoms with van der Waals surface area (Å²) < 4.78 is 25.3. The van der Waals surface area contributed by atoms with Gasteiger partial charge < -0.3 is 14.8 Å².